The van der Waals surface area contributed by atoms with Gasteiger partial charge in [-0.1, -0.05) is 0 Å². The Bertz CT molecular complexity index is 299. The van der Waals surface area contributed by atoms with E-state index < -0.39 is 0 Å². The highest BCUT2D eigenvalue weighted by Gasteiger charge is 2.16. The topological polar surface area (TPSA) is 72.1 Å². The maximum absolute atomic E-state index is 10.8. The van der Waals surface area contributed by atoms with Gasteiger partial charge in [-0.15, -0.1) is 0 Å². The molecule has 14 heavy (non-hydrogen) atoms. The number of carbonyl (C=O) groups is 1. The van der Waals surface area contributed by atoms with Crippen LogP contribution in [0.1, 0.15) is 18.0 Å². The number of primary amides is 1. The van der Waals surface area contributed by atoms with Crippen molar-refractivity contribution < 1.29 is 4.79 Å². The maximum Gasteiger partial charge on any atom is 0.219 e. The Labute approximate surface area is 83.0 Å². The monoisotopic (exact) mass is 194 g/mol. The number of rotatable bonds is 4. The molecule has 1 heterocycles. The number of nitrogens with two attached hydrogens (primary N) is 1. The lowest BCUT2D eigenvalue weighted by Gasteiger charge is -2.22. The van der Waals surface area contributed by atoms with Crippen LogP contribution in [0, 0.1) is 0 Å². The second-order valence-electron chi connectivity index (χ2n) is 3.32. The van der Waals surface area contributed by atoms with Gasteiger partial charge in [-0.05, 0) is 14.1 Å². The fourth-order valence-corrected chi connectivity index (χ4v) is 1.27. The molecule has 0 fully saturated rings. The molecule has 5 nitrogen and oxygen atoms in total. The van der Waals surface area contributed by atoms with Gasteiger partial charge in [0, 0.05) is 30.4 Å². The van der Waals surface area contributed by atoms with Gasteiger partial charge in [-0.25, -0.2) is 9.97 Å². The van der Waals surface area contributed by atoms with E-state index in [1.807, 2.05) is 19.0 Å². The van der Waals surface area contributed by atoms with Gasteiger partial charge in [-0.2, -0.15) is 0 Å². The van der Waals surface area contributed by atoms with Gasteiger partial charge in [0.25, 0.3) is 0 Å². The van der Waals surface area contributed by atoms with Crippen LogP contribution in [-0.2, 0) is 4.79 Å². The van der Waals surface area contributed by atoms with Crippen LogP contribution in [0.15, 0.2) is 18.7 Å². The van der Waals surface area contributed by atoms with Crippen LogP contribution < -0.4 is 5.73 Å². The highest BCUT2D eigenvalue weighted by molar-refractivity contribution is 5.74. The van der Waals surface area contributed by atoms with E-state index in [-0.39, 0.29) is 18.4 Å². The van der Waals surface area contributed by atoms with Gasteiger partial charge in [0.15, 0.2) is 0 Å². The standard InChI is InChI=1S/C9H14N4O/c1-13(2)8(3-9(10)14)7-4-11-6-12-5-7/h4-6,8H,3H2,1-2H3,(H2,10,14). The van der Waals surface area contributed by atoms with E-state index in [0.717, 1.165) is 5.56 Å². The Balaban J connectivity index is 2.83. The van der Waals surface area contributed by atoms with Crippen molar-refractivity contribution in [2.24, 2.45) is 5.73 Å². The Kier molecular flexibility index (Phi) is 3.53. The zero-order valence-corrected chi connectivity index (χ0v) is 8.34. The zero-order valence-electron chi connectivity index (χ0n) is 8.34. The Morgan fingerprint density at radius 1 is 1.50 bits per heavy atom. The average Bonchev–Trinajstić information content (AvgIpc) is 2.15. The largest absolute Gasteiger partial charge is 0.370 e. The molecule has 0 bridgehead atoms. The van der Waals surface area contributed by atoms with Crippen molar-refractivity contribution in [3.63, 3.8) is 0 Å². The first-order chi connectivity index (χ1) is 6.61. The van der Waals surface area contributed by atoms with Crippen LogP contribution >= 0.6 is 0 Å². The highest BCUT2D eigenvalue weighted by atomic mass is 16.1. The SMILES string of the molecule is CN(C)C(CC(N)=O)c1cncnc1. The molecule has 0 spiro atoms. The summed E-state index contributed by atoms with van der Waals surface area (Å²) in [5, 5.41) is 0. The lowest BCUT2D eigenvalue weighted by atomic mass is 10.1. The fraction of sp³-hybridized carbons (Fsp3) is 0.444. The quantitative estimate of drug-likeness (QED) is 0.729. The third kappa shape index (κ3) is 2.77. The van der Waals surface area contributed by atoms with E-state index in [1.54, 1.807) is 12.4 Å². The van der Waals surface area contributed by atoms with E-state index in [1.165, 1.54) is 6.33 Å². The third-order valence-corrected chi connectivity index (χ3v) is 1.98. The van der Waals surface area contributed by atoms with Crippen molar-refractivity contribution in [1.29, 1.82) is 0 Å². The summed E-state index contributed by atoms with van der Waals surface area (Å²) in [5.41, 5.74) is 6.06. The molecular weight excluding hydrogens is 180 g/mol. The fourth-order valence-electron chi connectivity index (χ4n) is 1.27. The molecule has 0 aliphatic rings. The van der Waals surface area contributed by atoms with Crippen LogP contribution in [0.2, 0.25) is 0 Å². The average molecular weight is 194 g/mol. The van der Waals surface area contributed by atoms with Crippen LogP contribution in [0.5, 0.6) is 0 Å². The number of carbonyl (C=O) groups excluding carboxylic acids is 1. The second-order valence-corrected chi connectivity index (χ2v) is 3.32. The molecule has 76 valence electrons. The highest BCUT2D eigenvalue weighted by Crippen LogP contribution is 2.19. The van der Waals surface area contributed by atoms with Crippen molar-refractivity contribution >= 4 is 5.91 Å². The summed E-state index contributed by atoms with van der Waals surface area (Å²) >= 11 is 0. The van der Waals surface area contributed by atoms with Crippen LogP contribution in [0.25, 0.3) is 0 Å². The molecule has 0 aromatic carbocycles. The maximum atomic E-state index is 10.8. The predicted octanol–water partition coefficient (Wildman–Crippen LogP) is -0.0453. The van der Waals surface area contributed by atoms with Gasteiger partial charge < -0.3 is 10.6 Å². The van der Waals surface area contributed by atoms with Gasteiger partial charge in [-0.3, -0.25) is 4.79 Å². The summed E-state index contributed by atoms with van der Waals surface area (Å²) < 4.78 is 0. The normalized spacial score (nSPS) is 12.8. The predicted molar refractivity (Wildman–Crippen MR) is 52.3 cm³/mol. The molecule has 1 rings (SSSR count). The van der Waals surface area contributed by atoms with E-state index in [4.69, 9.17) is 5.73 Å². The summed E-state index contributed by atoms with van der Waals surface area (Å²) in [4.78, 5) is 20.6. The van der Waals surface area contributed by atoms with Gasteiger partial charge in [0.05, 0.1) is 0 Å². The molecule has 0 saturated heterocycles. The molecule has 1 aromatic heterocycles. The molecule has 0 saturated carbocycles. The van der Waals surface area contributed by atoms with Crippen LogP contribution in [-0.4, -0.2) is 34.9 Å². The molecule has 1 aromatic rings. The lowest BCUT2D eigenvalue weighted by molar-refractivity contribution is -0.119. The van der Waals surface area contributed by atoms with Crippen LogP contribution in [0.3, 0.4) is 0 Å². The second kappa shape index (κ2) is 4.66. The van der Waals surface area contributed by atoms with E-state index in [2.05, 4.69) is 9.97 Å². The van der Waals surface area contributed by atoms with Gasteiger partial charge in [0.1, 0.15) is 6.33 Å². The van der Waals surface area contributed by atoms with E-state index in [0.29, 0.717) is 0 Å². The molecule has 5 heteroatoms. The molecule has 0 radical (unpaired) electrons. The molecule has 0 aliphatic carbocycles. The summed E-state index contributed by atoms with van der Waals surface area (Å²) in [6.07, 6.45) is 5.13. The van der Waals surface area contributed by atoms with Crippen molar-refractivity contribution in [1.82, 2.24) is 14.9 Å². The lowest BCUT2D eigenvalue weighted by Crippen LogP contribution is -2.26. The summed E-state index contributed by atoms with van der Waals surface area (Å²) in [5.74, 6) is -0.326. The summed E-state index contributed by atoms with van der Waals surface area (Å²) in [6.45, 7) is 0. The van der Waals surface area contributed by atoms with Crippen molar-refractivity contribution in [3.8, 4) is 0 Å². The molecule has 1 atom stereocenters. The van der Waals surface area contributed by atoms with Crippen LogP contribution in [0.4, 0.5) is 0 Å². The molecule has 0 aliphatic heterocycles. The summed E-state index contributed by atoms with van der Waals surface area (Å²) in [7, 11) is 3.78. The first-order valence-corrected chi connectivity index (χ1v) is 4.31. The molecular formula is C9H14N4O. The smallest absolute Gasteiger partial charge is 0.219 e. The Morgan fingerprint density at radius 2 is 2.07 bits per heavy atom. The Morgan fingerprint density at radius 3 is 2.50 bits per heavy atom. The molecule has 2 N–H and O–H groups in total. The zero-order chi connectivity index (χ0) is 10.6. The minimum Gasteiger partial charge on any atom is -0.370 e. The van der Waals surface area contributed by atoms with Crippen molar-refractivity contribution in [3.05, 3.63) is 24.3 Å². The van der Waals surface area contributed by atoms with Gasteiger partial charge >= 0.3 is 0 Å². The molecule has 1 unspecified atom stereocenters. The number of hydrogen-bond donors (Lipinski definition) is 1. The van der Waals surface area contributed by atoms with Crippen molar-refractivity contribution in [2.75, 3.05) is 14.1 Å². The first-order valence-electron chi connectivity index (χ1n) is 4.31. The third-order valence-electron chi connectivity index (χ3n) is 1.98. The minimum absolute atomic E-state index is 0.0475. The first kappa shape index (κ1) is 10.6. The number of hydrogen-bond acceptors (Lipinski definition) is 4. The van der Waals surface area contributed by atoms with E-state index >= 15 is 0 Å². The number of nitrogens with zero attached hydrogens (tertiary/aromatic N) is 3. The molecule has 1 amide bonds. The van der Waals surface area contributed by atoms with E-state index in [9.17, 15) is 4.79 Å². The minimum atomic E-state index is -0.326. The Hall–Kier alpha value is -1.49. The number of aromatic nitrogens is 2. The number of amides is 1. The summed E-state index contributed by atoms with van der Waals surface area (Å²) in [6, 6.07) is -0.0475. The van der Waals surface area contributed by atoms with Gasteiger partial charge in [0.2, 0.25) is 5.91 Å². The van der Waals surface area contributed by atoms with Crippen molar-refractivity contribution in [2.45, 2.75) is 12.5 Å².